The van der Waals surface area contributed by atoms with Crippen molar-refractivity contribution < 1.29 is 14.4 Å². The minimum absolute atomic E-state index is 0.0298. The van der Waals surface area contributed by atoms with Crippen molar-refractivity contribution in [2.45, 2.75) is 62.9 Å². The Morgan fingerprint density at radius 3 is 2.62 bits per heavy atom. The molecule has 8 nitrogen and oxygen atoms in total. The van der Waals surface area contributed by atoms with Gasteiger partial charge in [0.15, 0.2) is 0 Å². The molecule has 2 spiro atoms. The summed E-state index contributed by atoms with van der Waals surface area (Å²) in [6.45, 7) is 1.93. The van der Waals surface area contributed by atoms with E-state index in [0.717, 1.165) is 59.9 Å². The van der Waals surface area contributed by atoms with Crippen LogP contribution < -0.4 is 10.6 Å². The summed E-state index contributed by atoms with van der Waals surface area (Å²) < 4.78 is 0. The van der Waals surface area contributed by atoms with E-state index in [2.05, 4.69) is 15.6 Å². The van der Waals surface area contributed by atoms with Gasteiger partial charge in [-0.25, -0.2) is 4.98 Å². The van der Waals surface area contributed by atoms with E-state index in [9.17, 15) is 14.4 Å². The minimum atomic E-state index is -0.661. The zero-order valence-electron chi connectivity index (χ0n) is 22.5. The lowest BCUT2D eigenvalue weighted by atomic mass is 9.79. The van der Waals surface area contributed by atoms with Gasteiger partial charge in [-0.15, -0.1) is 0 Å². The van der Waals surface area contributed by atoms with Gasteiger partial charge in [-0.2, -0.15) is 0 Å². The molecular formula is C32H31N5O3. The molecule has 3 heterocycles. The molecule has 0 radical (unpaired) electrons. The average molecular weight is 534 g/mol. The van der Waals surface area contributed by atoms with Gasteiger partial charge in [-0.05, 0) is 80.3 Å². The largest absolute Gasteiger partial charge is 0.325 e. The molecule has 0 saturated heterocycles. The van der Waals surface area contributed by atoms with E-state index in [1.165, 1.54) is 0 Å². The van der Waals surface area contributed by atoms with Gasteiger partial charge < -0.3 is 15.5 Å². The number of rotatable bonds is 4. The van der Waals surface area contributed by atoms with Crippen molar-refractivity contribution in [3.63, 3.8) is 0 Å². The van der Waals surface area contributed by atoms with Gasteiger partial charge in [0.25, 0.3) is 5.91 Å². The zero-order chi connectivity index (χ0) is 27.5. The minimum Gasteiger partial charge on any atom is -0.325 e. The number of carbonyl (C=O) groups excluding carboxylic acids is 3. The van der Waals surface area contributed by atoms with E-state index in [0.29, 0.717) is 30.1 Å². The molecule has 0 unspecified atom stereocenters. The van der Waals surface area contributed by atoms with Crippen LogP contribution in [-0.4, -0.2) is 45.5 Å². The van der Waals surface area contributed by atoms with Crippen LogP contribution in [0.2, 0.25) is 0 Å². The molecule has 7 rings (SSSR count). The Balaban J connectivity index is 1.11. The Kier molecular flexibility index (Phi) is 5.63. The highest BCUT2D eigenvalue weighted by molar-refractivity contribution is 6.47. The summed E-state index contributed by atoms with van der Waals surface area (Å²) in [5.41, 5.74) is 4.69. The highest BCUT2D eigenvalue weighted by Gasteiger charge is 2.51. The molecule has 202 valence electrons. The quantitative estimate of drug-likeness (QED) is 0.522. The predicted octanol–water partition coefficient (Wildman–Crippen LogP) is 4.31. The maximum Gasteiger partial charge on any atom is 0.275 e. The molecule has 1 fully saturated rings. The lowest BCUT2D eigenvalue weighted by Gasteiger charge is -2.38. The second kappa shape index (κ2) is 9.11. The van der Waals surface area contributed by atoms with Crippen molar-refractivity contribution in [2.75, 3.05) is 17.2 Å². The summed E-state index contributed by atoms with van der Waals surface area (Å²) in [5.74, 6) is 0.174. The fourth-order valence-corrected chi connectivity index (χ4v) is 7.05. The monoisotopic (exact) mass is 533 g/mol. The van der Waals surface area contributed by atoms with Crippen molar-refractivity contribution in [3.8, 4) is 0 Å². The summed E-state index contributed by atoms with van der Waals surface area (Å²) in [6, 6.07) is 17.4. The molecule has 2 N–H and O–H groups in total. The van der Waals surface area contributed by atoms with E-state index in [1.54, 1.807) is 11.1 Å². The summed E-state index contributed by atoms with van der Waals surface area (Å²) in [6.07, 6.45) is 7.44. The number of nitrogens with one attached hydrogen (secondary N) is 2. The van der Waals surface area contributed by atoms with Crippen molar-refractivity contribution in [1.82, 2.24) is 9.88 Å². The molecule has 8 heteroatoms. The first kappa shape index (κ1) is 24.7. The number of benzene rings is 2. The summed E-state index contributed by atoms with van der Waals surface area (Å²) in [5, 5.41) is 5.96. The molecule has 2 aliphatic heterocycles. The van der Waals surface area contributed by atoms with E-state index in [4.69, 9.17) is 4.99 Å². The van der Waals surface area contributed by atoms with Crippen molar-refractivity contribution >= 4 is 34.9 Å². The van der Waals surface area contributed by atoms with Crippen molar-refractivity contribution in [2.24, 2.45) is 4.99 Å². The lowest BCUT2D eigenvalue weighted by molar-refractivity contribution is -0.134. The smallest absolute Gasteiger partial charge is 0.275 e. The number of fused-ring (bicyclic) bond motifs is 3. The number of nitrogens with zero attached hydrogens (tertiary/aromatic N) is 3. The number of pyridine rings is 1. The summed E-state index contributed by atoms with van der Waals surface area (Å²) in [7, 11) is 0. The number of aliphatic imine (C=N–C) groups is 1. The maximum atomic E-state index is 13.7. The Morgan fingerprint density at radius 2 is 1.80 bits per heavy atom. The number of hydrogen-bond donors (Lipinski definition) is 2. The van der Waals surface area contributed by atoms with Crippen LogP contribution >= 0.6 is 0 Å². The van der Waals surface area contributed by atoms with Gasteiger partial charge in [0.1, 0.15) is 23.7 Å². The van der Waals surface area contributed by atoms with E-state index >= 15 is 0 Å². The third kappa shape index (κ3) is 3.77. The number of anilines is 2. The fraction of sp³-hybridized carbons (Fsp3) is 0.344. The van der Waals surface area contributed by atoms with Crippen molar-refractivity contribution in [1.29, 1.82) is 0 Å². The van der Waals surface area contributed by atoms with Crippen LogP contribution in [-0.2, 0) is 32.6 Å². The topological polar surface area (TPSA) is 104 Å². The number of aryl methyl sites for hydroxylation is 1. The number of hydrogen-bond acceptors (Lipinski definition) is 5. The number of amides is 3. The predicted molar refractivity (Wildman–Crippen MR) is 152 cm³/mol. The normalized spacial score (nSPS) is 22.3. The van der Waals surface area contributed by atoms with Crippen molar-refractivity contribution in [3.05, 3.63) is 88.6 Å². The van der Waals surface area contributed by atoms with Crippen LogP contribution in [0.5, 0.6) is 0 Å². The second-order valence-electron chi connectivity index (χ2n) is 11.5. The Labute approximate surface area is 232 Å². The zero-order valence-corrected chi connectivity index (χ0v) is 22.5. The third-order valence-electron chi connectivity index (χ3n) is 9.09. The molecule has 1 saturated carbocycles. The molecular weight excluding hydrogens is 502 g/mol. The van der Waals surface area contributed by atoms with Gasteiger partial charge in [-0.1, -0.05) is 42.8 Å². The Hall–Kier alpha value is -4.33. The molecule has 4 aliphatic rings. The van der Waals surface area contributed by atoms with Crippen LogP contribution in [0.3, 0.4) is 0 Å². The first-order valence-electron chi connectivity index (χ1n) is 14.1. The molecule has 40 heavy (non-hydrogen) atoms. The first-order chi connectivity index (χ1) is 19.4. The second-order valence-corrected chi connectivity index (χ2v) is 11.5. The van der Waals surface area contributed by atoms with Gasteiger partial charge >= 0.3 is 0 Å². The highest BCUT2D eigenvalue weighted by Crippen LogP contribution is 2.47. The Morgan fingerprint density at radius 1 is 1.00 bits per heavy atom. The molecule has 1 atom stereocenters. The molecule has 2 aliphatic carbocycles. The van der Waals surface area contributed by atoms with Gasteiger partial charge in [0, 0.05) is 23.0 Å². The van der Waals surface area contributed by atoms with Crippen LogP contribution in [0.25, 0.3) is 0 Å². The lowest BCUT2D eigenvalue weighted by Crippen LogP contribution is -2.51. The first-order valence-corrected chi connectivity index (χ1v) is 14.1. The molecule has 3 aromatic rings. The molecule has 0 bridgehead atoms. The molecule has 1 aromatic heterocycles. The van der Waals surface area contributed by atoms with Crippen LogP contribution in [0, 0.1) is 6.92 Å². The van der Waals surface area contributed by atoms with Gasteiger partial charge in [0.05, 0.1) is 5.41 Å². The number of aromatic nitrogens is 1. The van der Waals surface area contributed by atoms with E-state index in [1.807, 2.05) is 61.5 Å². The fourth-order valence-electron chi connectivity index (χ4n) is 7.05. The molecule has 2 aromatic carbocycles. The van der Waals surface area contributed by atoms with Crippen LogP contribution in [0.1, 0.15) is 59.9 Å². The van der Waals surface area contributed by atoms with Crippen LogP contribution in [0.4, 0.5) is 11.5 Å². The highest BCUT2D eigenvalue weighted by atomic mass is 16.2. The summed E-state index contributed by atoms with van der Waals surface area (Å²) >= 11 is 0. The van der Waals surface area contributed by atoms with Gasteiger partial charge in [0.2, 0.25) is 11.8 Å². The SMILES string of the molecule is Cc1ccccc1C1=NC2(CCCCC2)N(CC(=O)Nc2ccc3c(c2)C[C@@]2(C3)C(=O)Nc3ncccc32)C1=O. The van der Waals surface area contributed by atoms with Gasteiger partial charge in [-0.3, -0.25) is 19.4 Å². The van der Waals surface area contributed by atoms with E-state index in [-0.39, 0.29) is 24.3 Å². The maximum absolute atomic E-state index is 13.7. The summed E-state index contributed by atoms with van der Waals surface area (Å²) in [4.78, 5) is 51.2. The van der Waals surface area contributed by atoms with Crippen LogP contribution in [0.15, 0.2) is 65.8 Å². The molecule has 3 amide bonds. The Bertz CT molecular complexity index is 1610. The standard InChI is InChI=1S/C32H31N5O3/c1-20-8-3-4-9-24(20)27-29(39)37(32(36-27)13-5-2-6-14-32)19-26(38)34-23-12-11-21-17-31(18-22(21)16-23)25-10-7-15-33-28(25)35-30(31)40/h3-4,7-12,15-16H,2,5-6,13-14,17-19H2,1H3,(H,34,38)(H,33,35,40)/t31-/m1/s1. The third-order valence-corrected chi connectivity index (χ3v) is 9.09. The van der Waals surface area contributed by atoms with E-state index < -0.39 is 11.1 Å². The average Bonchev–Trinajstić information content (AvgIpc) is 3.55. The number of carbonyl (C=O) groups is 3.